The predicted molar refractivity (Wildman–Crippen MR) is 105 cm³/mol. The lowest BCUT2D eigenvalue weighted by Gasteiger charge is -2.24. The molecule has 0 fully saturated rings. The van der Waals surface area contributed by atoms with Crippen LogP contribution in [0.3, 0.4) is 0 Å². The molecule has 0 aliphatic carbocycles. The number of anilines is 2. The van der Waals surface area contributed by atoms with Gasteiger partial charge in [0.05, 0.1) is 6.61 Å². The van der Waals surface area contributed by atoms with E-state index in [1.54, 1.807) is 6.20 Å². The van der Waals surface area contributed by atoms with Gasteiger partial charge in [-0.05, 0) is 48.0 Å². The van der Waals surface area contributed by atoms with E-state index in [2.05, 4.69) is 34.1 Å². The Kier molecular flexibility index (Phi) is 5.24. The summed E-state index contributed by atoms with van der Waals surface area (Å²) in [6.07, 6.45) is 1.71. The summed E-state index contributed by atoms with van der Waals surface area (Å²) in [5.41, 5.74) is 3.03. The third kappa shape index (κ3) is 4.03. The quantitative estimate of drug-likeness (QED) is 0.687. The van der Waals surface area contributed by atoms with Crippen molar-refractivity contribution in [3.05, 3.63) is 78.5 Å². The molecular weight excluding hydrogens is 324 g/mol. The average Bonchev–Trinajstić information content (AvgIpc) is 2.69. The van der Waals surface area contributed by atoms with E-state index in [4.69, 9.17) is 4.74 Å². The maximum atomic E-state index is 9.51. The van der Waals surface area contributed by atoms with Crippen molar-refractivity contribution < 1.29 is 9.84 Å². The number of hydrogen-bond acceptors (Lipinski definition) is 4. The number of nitrogens with zero attached hydrogens (tertiary/aromatic N) is 2. The van der Waals surface area contributed by atoms with Crippen LogP contribution >= 0.6 is 0 Å². The molecule has 4 heteroatoms. The van der Waals surface area contributed by atoms with Crippen LogP contribution in [0.5, 0.6) is 11.6 Å². The van der Waals surface area contributed by atoms with Gasteiger partial charge in [-0.1, -0.05) is 32.0 Å². The van der Waals surface area contributed by atoms with Gasteiger partial charge in [0, 0.05) is 36.1 Å². The van der Waals surface area contributed by atoms with Crippen LogP contribution < -0.4 is 9.64 Å². The van der Waals surface area contributed by atoms with Gasteiger partial charge in [-0.15, -0.1) is 0 Å². The van der Waals surface area contributed by atoms with Crippen LogP contribution in [0.4, 0.5) is 11.4 Å². The van der Waals surface area contributed by atoms with E-state index in [1.807, 2.05) is 63.4 Å². The molecule has 1 N–H and O–H groups in total. The fourth-order valence-corrected chi connectivity index (χ4v) is 2.64. The van der Waals surface area contributed by atoms with Crippen molar-refractivity contribution in [2.75, 3.05) is 18.6 Å². The van der Waals surface area contributed by atoms with Crippen LogP contribution in [-0.2, 0) is 5.41 Å². The van der Waals surface area contributed by atoms with Gasteiger partial charge in [-0.3, -0.25) is 0 Å². The number of benzene rings is 2. The van der Waals surface area contributed by atoms with Crippen LogP contribution in [0.25, 0.3) is 0 Å². The third-order valence-electron chi connectivity index (χ3n) is 4.52. The molecule has 0 atom stereocenters. The summed E-state index contributed by atoms with van der Waals surface area (Å²) < 4.78 is 5.73. The summed E-state index contributed by atoms with van der Waals surface area (Å²) in [5.74, 6) is 1.33. The topological polar surface area (TPSA) is 45.6 Å². The van der Waals surface area contributed by atoms with Crippen molar-refractivity contribution in [2.45, 2.75) is 19.3 Å². The van der Waals surface area contributed by atoms with E-state index >= 15 is 0 Å². The average molecular weight is 348 g/mol. The van der Waals surface area contributed by atoms with Gasteiger partial charge in [0.15, 0.2) is 0 Å². The normalized spacial score (nSPS) is 11.2. The molecule has 0 aliphatic rings. The largest absolute Gasteiger partial charge is 0.439 e. The van der Waals surface area contributed by atoms with E-state index in [-0.39, 0.29) is 12.0 Å². The van der Waals surface area contributed by atoms with Crippen molar-refractivity contribution in [1.82, 2.24) is 4.98 Å². The van der Waals surface area contributed by atoms with Gasteiger partial charge >= 0.3 is 0 Å². The van der Waals surface area contributed by atoms with Gasteiger partial charge in [0.2, 0.25) is 5.88 Å². The van der Waals surface area contributed by atoms with Crippen LogP contribution in [0, 0.1) is 0 Å². The molecule has 3 aromatic rings. The summed E-state index contributed by atoms with van der Waals surface area (Å²) in [6.45, 7) is 4.19. The number of aliphatic hydroxyl groups excluding tert-OH is 1. The zero-order valence-electron chi connectivity index (χ0n) is 15.4. The minimum absolute atomic E-state index is 0.125. The van der Waals surface area contributed by atoms with Crippen molar-refractivity contribution >= 4 is 11.4 Å². The van der Waals surface area contributed by atoms with Gasteiger partial charge in [0.1, 0.15) is 5.75 Å². The maximum absolute atomic E-state index is 9.51. The lowest BCUT2D eigenvalue weighted by atomic mass is 9.85. The van der Waals surface area contributed by atoms with E-state index in [9.17, 15) is 5.11 Å². The Labute approximate surface area is 154 Å². The molecule has 26 heavy (non-hydrogen) atoms. The zero-order valence-corrected chi connectivity index (χ0v) is 15.4. The first kappa shape index (κ1) is 18.0. The van der Waals surface area contributed by atoms with Crippen LogP contribution in [0.2, 0.25) is 0 Å². The lowest BCUT2D eigenvalue weighted by Crippen LogP contribution is -2.22. The molecule has 0 bridgehead atoms. The third-order valence-corrected chi connectivity index (χ3v) is 4.52. The summed E-state index contributed by atoms with van der Waals surface area (Å²) in [6, 6.07) is 21.8. The highest BCUT2D eigenvalue weighted by Gasteiger charge is 2.19. The molecule has 0 unspecified atom stereocenters. The summed E-state index contributed by atoms with van der Waals surface area (Å²) in [4.78, 5) is 6.28. The van der Waals surface area contributed by atoms with Crippen molar-refractivity contribution in [2.24, 2.45) is 0 Å². The second-order valence-corrected chi connectivity index (χ2v) is 6.91. The molecule has 0 aliphatic heterocycles. The Morgan fingerprint density at radius 1 is 0.923 bits per heavy atom. The molecule has 0 saturated carbocycles. The minimum atomic E-state index is -0.235. The van der Waals surface area contributed by atoms with Crippen molar-refractivity contribution in [1.29, 1.82) is 0 Å². The molecule has 1 aromatic heterocycles. The molecular formula is C22H24N2O2. The molecule has 1 heterocycles. The molecule has 0 radical (unpaired) electrons. The van der Waals surface area contributed by atoms with Crippen LogP contribution in [0.1, 0.15) is 19.4 Å². The standard InChI is InChI=1S/C22H24N2O2/c1-22(2,16-25)17-7-9-18(10-8-17)24(3)19-11-13-20(14-12-19)26-21-6-4-5-15-23-21/h4-15,25H,16H2,1-3H3. The molecule has 2 aromatic carbocycles. The second-order valence-electron chi connectivity index (χ2n) is 6.91. The zero-order chi connectivity index (χ0) is 18.6. The lowest BCUT2D eigenvalue weighted by molar-refractivity contribution is 0.218. The number of pyridine rings is 1. The molecule has 3 rings (SSSR count). The highest BCUT2D eigenvalue weighted by Crippen LogP contribution is 2.29. The van der Waals surface area contributed by atoms with Crippen molar-refractivity contribution in [3.8, 4) is 11.6 Å². The van der Waals surface area contributed by atoms with E-state index in [1.165, 1.54) is 0 Å². The molecule has 0 amide bonds. The van der Waals surface area contributed by atoms with Crippen LogP contribution in [0.15, 0.2) is 72.9 Å². The Morgan fingerprint density at radius 2 is 1.54 bits per heavy atom. The number of ether oxygens (including phenoxy) is 1. The fraction of sp³-hybridized carbons (Fsp3) is 0.227. The second kappa shape index (κ2) is 7.58. The van der Waals surface area contributed by atoms with E-state index in [0.717, 1.165) is 22.7 Å². The number of rotatable bonds is 6. The first-order chi connectivity index (χ1) is 12.5. The SMILES string of the molecule is CN(c1ccc(Oc2ccccn2)cc1)c1ccc(C(C)(C)CO)cc1. The summed E-state index contributed by atoms with van der Waals surface area (Å²) in [7, 11) is 2.03. The molecule has 0 spiro atoms. The van der Waals surface area contributed by atoms with Gasteiger partial charge in [-0.25, -0.2) is 4.98 Å². The number of aromatic nitrogens is 1. The Bertz CT molecular complexity index is 828. The highest BCUT2D eigenvalue weighted by molar-refractivity contribution is 5.63. The Balaban J connectivity index is 1.72. The Morgan fingerprint density at radius 3 is 2.08 bits per heavy atom. The monoisotopic (exact) mass is 348 g/mol. The van der Waals surface area contributed by atoms with Gasteiger partial charge in [-0.2, -0.15) is 0 Å². The molecule has 4 nitrogen and oxygen atoms in total. The number of hydrogen-bond donors (Lipinski definition) is 1. The van der Waals surface area contributed by atoms with E-state index < -0.39 is 0 Å². The van der Waals surface area contributed by atoms with Crippen LogP contribution in [-0.4, -0.2) is 23.7 Å². The smallest absolute Gasteiger partial charge is 0.219 e. The first-order valence-corrected chi connectivity index (χ1v) is 8.64. The van der Waals surface area contributed by atoms with Gasteiger partial charge < -0.3 is 14.7 Å². The summed E-state index contributed by atoms with van der Waals surface area (Å²) in [5, 5.41) is 9.51. The minimum Gasteiger partial charge on any atom is -0.439 e. The molecule has 134 valence electrons. The summed E-state index contributed by atoms with van der Waals surface area (Å²) >= 11 is 0. The van der Waals surface area contributed by atoms with Crippen molar-refractivity contribution in [3.63, 3.8) is 0 Å². The first-order valence-electron chi connectivity index (χ1n) is 8.64. The van der Waals surface area contributed by atoms with Gasteiger partial charge in [0.25, 0.3) is 0 Å². The fourth-order valence-electron chi connectivity index (χ4n) is 2.64. The predicted octanol–water partition coefficient (Wildman–Crippen LogP) is 4.91. The van der Waals surface area contributed by atoms with E-state index in [0.29, 0.717) is 5.88 Å². The highest BCUT2D eigenvalue weighted by atomic mass is 16.5. The maximum Gasteiger partial charge on any atom is 0.219 e. The molecule has 0 saturated heterocycles. The number of aliphatic hydroxyl groups is 1. The Hall–Kier alpha value is -2.85.